The van der Waals surface area contributed by atoms with E-state index in [1.165, 1.54) is 4.90 Å². The van der Waals surface area contributed by atoms with E-state index in [9.17, 15) is 18.0 Å². The number of rotatable bonds is 11. The number of carbonyl (C=O) groups is 2. The molecule has 40 heavy (non-hydrogen) atoms. The molecule has 2 amide bonds. The maximum atomic E-state index is 14.1. The zero-order valence-electron chi connectivity index (χ0n) is 22.3. The third kappa shape index (κ3) is 8.41. The fourth-order valence-corrected chi connectivity index (χ4v) is 6.31. The lowest BCUT2D eigenvalue weighted by Crippen LogP contribution is -2.54. The van der Waals surface area contributed by atoms with Gasteiger partial charge < -0.3 is 10.2 Å². The molecule has 10 heteroatoms. The van der Waals surface area contributed by atoms with E-state index in [2.05, 4.69) is 37.2 Å². The summed E-state index contributed by atoms with van der Waals surface area (Å²) in [6.07, 6.45) is 5.33. The first-order valence-corrected chi connectivity index (χ1v) is 16.6. The van der Waals surface area contributed by atoms with Crippen LogP contribution >= 0.6 is 31.9 Å². The number of benzene rings is 3. The smallest absolute Gasteiger partial charge is 0.244 e. The van der Waals surface area contributed by atoms with Crippen LogP contribution < -0.4 is 9.62 Å². The SMILES string of the molecule is CS(=O)(=O)N(CC(=O)N(Cc1ccc(Br)cc1)C(Cc1ccccc1)C(=O)NC1CCCC1)c1ccc(Br)cc1. The second-order valence-corrected chi connectivity index (χ2v) is 13.8. The Kier molecular flexibility index (Phi) is 10.4. The van der Waals surface area contributed by atoms with Gasteiger partial charge in [-0.15, -0.1) is 0 Å². The number of halogens is 2. The lowest BCUT2D eigenvalue weighted by atomic mass is 10.0. The van der Waals surface area contributed by atoms with Crippen molar-refractivity contribution in [3.05, 3.63) is 98.9 Å². The number of amides is 2. The van der Waals surface area contributed by atoms with E-state index < -0.39 is 28.5 Å². The van der Waals surface area contributed by atoms with Gasteiger partial charge in [-0.05, 0) is 60.4 Å². The molecule has 0 spiro atoms. The molecule has 0 aliphatic heterocycles. The van der Waals surface area contributed by atoms with Gasteiger partial charge in [-0.3, -0.25) is 13.9 Å². The molecule has 0 radical (unpaired) electrons. The van der Waals surface area contributed by atoms with Crippen LogP contribution in [-0.2, 0) is 32.6 Å². The number of carbonyl (C=O) groups excluding carboxylic acids is 2. The molecule has 1 saturated carbocycles. The van der Waals surface area contributed by atoms with Gasteiger partial charge in [0.05, 0.1) is 11.9 Å². The molecule has 7 nitrogen and oxygen atoms in total. The Labute approximate surface area is 253 Å². The molecule has 1 unspecified atom stereocenters. The minimum Gasteiger partial charge on any atom is -0.352 e. The molecule has 0 heterocycles. The average molecular weight is 691 g/mol. The van der Waals surface area contributed by atoms with Crippen LogP contribution in [0.4, 0.5) is 5.69 Å². The van der Waals surface area contributed by atoms with Crippen LogP contribution in [0, 0.1) is 0 Å². The fourth-order valence-electron chi connectivity index (χ4n) is 4.93. The van der Waals surface area contributed by atoms with Gasteiger partial charge in [-0.2, -0.15) is 0 Å². The molecular weight excluding hydrogens is 658 g/mol. The zero-order chi connectivity index (χ0) is 28.7. The molecule has 1 aliphatic rings. The highest BCUT2D eigenvalue weighted by Crippen LogP contribution is 2.24. The molecule has 3 aromatic carbocycles. The van der Waals surface area contributed by atoms with Gasteiger partial charge in [-0.25, -0.2) is 8.42 Å². The van der Waals surface area contributed by atoms with E-state index in [4.69, 9.17) is 0 Å². The Balaban J connectivity index is 1.71. The third-order valence-electron chi connectivity index (χ3n) is 7.03. The number of hydrogen-bond donors (Lipinski definition) is 1. The molecule has 0 saturated heterocycles. The third-order valence-corrected chi connectivity index (χ3v) is 9.23. The quantitative estimate of drug-likeness (QED) is 0.281. The molecule has 1 aliphatic carbocycles. The van der Waals surface area contributed by atoms with E-state index in [1.807, 2.05) is 54.6 Å². The summed E-state index contributed by atoms with van der Waals surface area (Å²) in [4.78, 5) is 29.5. The summed E-state index contributed by atoms with van der Waals surface area (Å²) in [5.74, 6) is -0.686. The van der Waals surface area contributed by atoms with Gasteiger partial charge in [0.2, 0.25) is 21.8 Å². The Morgan fingerprint density at radius 1 is 0.875 bits per heavy atom. The van der Waals surface area contributed by atoms with E-state index in [0.717, 1.165) is 56.3 Å². The Morgan fingerprint density at radius 3 is 2.02 bits per heavy atom. The second-order valence-electron chi connectivity index (χ2n) is 10.1. The summed E-state index contributed by atoms with van der Waals surface area (Å²) in [7, 11) is -3.80. The lowest BCUT2D eigenvalue weighted by molar-refractivity contribution is -0.140. The van der Waals surface area contributed by atoms with Gasteiger partial charge in [0.1, 0.15) is 12.6 Å². The van der Waals surface area contributed by atoms with Gasteiger partial charge in [-0.1, -0.05) is 87.2 Å². The van der Waals surface area contributed by atoms with Crippen molar-refractivity contribution in [3.8, 4) is 0 Å². The molecule has 1 N–H and O–H groups in total. The monoisotopic (exact) mass is 689 g/mol. The van der Waals surface area contributed by atoms with Crippen molar-refractivity contribution in [1.82, 2.24) is 10.2 Å². The maximum Gasteiger partial charge on any atom is 0.244 e. The first-order valence-electron chi connectivity index (χ1n) is 13.2. The van der Waals surface area contributed by atoms with Crippen molar-refractivity contribution < 1.29 is 18.0 Å². The van der Waals surface area contributed by atoms with Crippen LogP contribution in [0.5, 0.6) is 0 Å². The van der Waals surface area contributed by atoms with Crippen molar-refractivity contribution >= 4 is 59.4 Å². The van der Waals surface area contributed by atoms with Crippen LogP contribution in [0.1, 0.15) is 36.8 Å². The predicted octanol–water partition coefficient (Wildman–Crippen LogP) is 5.68. The zero-order valence-corrected chi connectivity index (χ0v) is 26.3. The van der Waals surface area contributed by atoms with Crippen LogP contribution in [0.25, 0.3) is 0 Å². The molecule has 1 atom stereocenters. The summed E-state index contributed by atoms with van der Waals surface area (Å²) in [6, 6.07) is 23.1. The minimum atomic E-state index is -3.80. The van der Waals surface area contributed by atoms with Crippen molar-refractivity contribution in [1.29, 1.82) is 0 Å². The summed E-state index contributed by atoms with van der Waals surface area (Å²) in [5.41, 5.74) is 2.12. The molecule has 0 aromatic heterocycles. The van der Waals surface area contributed by atoms with Crippen molar-refractivity contribution in [2.24, 2.45) is 0 Å². The largest absolute Gasteiger partial charge is 0.352 e. The van der Waals surface area contributed by atoms with Gasteiger partial charge in [0.25, 0.3) is 0 Å². The highest BCUT2D eigenvalue weighted by molar-refractivity contribution is 9.10. The van der Waals surface area contributed by atoms with E-state index in [-0.39, 0.29) is 18.5 Å². The molecule has 212 valence electrons. The van der Waals surface area contributed by atoms with Gasteiger partial charge in [0, 0.05) is 28.0 Å². The Morgan fingerprint density at radius 2 is 1.45 bits per heavy atom. The Bertz CT molecular complexity index is 1400. The minimum absolute atomic E-state index is 0.0747. The highest BCUT2D eigenvalue weighted by atomic mass is 79.9. The maximum absolute atomic E-state index is 14.1. The van der Waals surface area contributed by atoms with Gasteiger partial charge >= 0.3 is 0 Å². The number of nitrogens with one attached hydrogen (secondary N) is 1. The lowest BCUT2D eigenvalue weighted by Gasteiger charge is -2.34. The summed E-state index contributed by atoms with van der Waals surface area (Å²) >= 11 is 6.82. The van der Waals surface area contributed by atoms with Crippen molar-refractivity contribution in [3.63, 3.8) is 0 Å². The Hall–Kier alpha value is -2.69. The van der Waals surface area contributed by atoms with Gasteiger partial charge in [0.15, 0.2) is 0 Å². The predicted molar refractivity (Wildman–Crippen MR) is 165 cm³/mol. The summed E-state index contributed by atoms with van der Waals surface area (Å²) in [5, 5.41) is 3.17. The van der Waals surface area contributed by atoms with Crippen LogP contribution in [-0.4, -0.2) is 50.0 Å². The molecular formula is C30H33Br2N3O4S. The van der Waals surface area contributed by atoms with Crippen LogP contribution in [0.2, 0.25) is 0 Å². The van der Waals surface area contributed by atoms with E-state index in [1.54, 1.807) is 24.3 Å². The van der Waals surface area contributed by atoms with E-state index in [0.29, 0.717) is 12.1 Å². The second kappa shape index (κ2) is 13.8. The highest BCUT2D eigenvalue weighted by Gasteiger charge is 2.34. The molecule has 1 fully saturated rings. The number of sulfonamides is 1. The normalized spacial score (nSPS) is 14.5. The van der Waals surface area contributed by atoms with E-state index >= 15 is 0 Å². The first kappa shape index (κ1) is 30.3. The first-order chi connectivity index (χ1) is 19.1. The molecule has 0 bridgehead atoms. The number of anilines is 1. The fraction of sp³-hybridized carbons (Fsp3) is 0.333. The molecule has 3 aromatic rings. The topological polar surface area (TPSA) is 86.8 Å². The summed E-state index contributed by atoms with van der Waals surface area (Å²) in [6.45, 7) is -0.279. The van der Waals surface area contributed by atoms with Crippen molar-refractivity contribution in [2.75, 3.05) is 17.1 Å². The summed E-state index contributed by atoms with van der Waals surface area (Å²) < 4.78 is 28.5. The standard InChI is InChI=1S/C30H33Br2N3O4S/c1-40(38,39)35(27-17-15-25(32)16-18-27)21-29(36)34(20-23-11-13-24(31)14-12-23)28(19-22-7-3-2-4-8-22)30(37)33-26-9-5-6-10-26/h2-4,7-8,11-18,26,28H,5-6,9-10,19-21H2,1H3,(H,33,37). The van der Waals surface area contributed by atoms with Crippen LogP contribution in [0.15, 0.2) is 87.8 Å². The van der Waals surface area contributed by atoms with Crippen LogP contribution in [0.3, 0.4) is 0 Å². The van der Waals surface area contributed by atoms with Crippen molar-refractivity contribution in [2.45, 2.75) is 50.7 Å². The molecule has 4 rings (SSSR count). The number of hydrogen-bond acceptors (Lipinski definition) is 4. The number of nitrogens with zero attached hydrogens (tertiary/aromatic N) is 2. The average Bonchev–Trinajstić information content (AvgIpc) is 3.44.